The molecule has 2 atom stereocenters. The molecule has 0 saturated carbocycles. The van der Waals surface area contributed by atoms with E-state index in [1.54, 1.807) is 11.8 Å². The van der Waals surface area contributed by atoms with Gasteiger partial charge >= 0.3 is 0 Å². The van der Waals surface area contributed by atoms with Gasteiger partial charge < -0.3 is 5.11 Å². The van der Waals surface area contributed by atoms with Gasteiger partial charge in [0.05, 0.1) is 5.52 Å². The van der Waals surface area contributed by atoms with Crippen molar-refractivity contribution in [3.63, 3.8) is 0 Å². The molecule has 3 aromatic rings. The quantitative estimate of drug-likeness (QED) is 0.591. The number of benzene rings is 2. The van der Waals surface area contributed by atoms with Crippen LogP contribution in [0.15, 0.2) is 53.6 Å². The van der Waals surface area contributed by atoms with E-state index in [4.69, 9.17) is 0 Å². The number of nitrogens with zero attached hydrogens (tertiary/aromatic N) is 1. The van der Waals surface area contributed by atoms with Crippen molar-refractivity contribution < 1.29 is 5.11 Å². The molecule has 2 nitrogen and oxygen atoms in total. The van der Waals surface area contributed by atoms with Gasteiger partial charge in [-0.2, -0.15) is 0 Å². The number of phenols is 1. The molecule has 0 saturated heterocycles. The van der Waals surface area contributed by atoms with Crippen molar-refractivity contribution in [1.29, 1.82) is 0 Å². The maximum absolute atomic E-state index is 9.80. The molecule has 5 heteroatoms. The molecule has 21 heavy (non-hydrogen) atoms. The maximum atomic E-state index is 9.80. The number of phenolic OH excluding ortho intramolecular Hbond substituents is 1. The predicted molar refractivity (Wildman–Crippen MR) is 98.1 cm³/mol. The van der Waals surface area contributed by atoms with E-state index in [-0.39, 0.29) is 0 Å². The van der Waals surface area contributed by atoms with Gasteiger partial charge in [0.15, 0.2) is 0 Å². The van der Waals surface area contributed by atoms with Gasteiger partial charge in [0, 0.05) is 32.8 Å². The molecule has 0 aliphatic rings. The molecule has 1 aromatic heterocycles. The number of para-hydroxylation sites is 1. The highest BCUT2D eigenvalue weighted by Gasteiger charge is 2.06. The van der Waals surface area contributed by atoms with Crippen LogP contribution < -0.4 is 10.6 Å². The molecule has 3 rings (SSSR count). The summed E-state index contributed by atoms with van der Waals surface area (Å²) in [6.45, 7) is 0. The number of aromatic hydroxyl groups is 1. The minimum Gasteiger partial charge on any atom is -0.507 e. The van der Waals surface area contributed by atoms with Crippen LogP contribution in [0.5, 0.6) is 5.75 Å². The number of pyridine rings is 1. The standard InChI is InChI=1S/C16H15NOP2S/c18-16-12(19)7-10(8-13(16)20)9-21-14-5-1-3-11-4-2-6-17-15(11)14/h1-8,18H,9,19-20H2. The summed E-state index contributed by atoms with van der Waals surface area (Å²) in [4.78, 5) is 5.65. The summed E-state index contributed by atoms with van der Waals surface area (Å²) in [5, 5.41) is 12.6. The van der Waals surface area contributed by atoms with Gasteiger partial charge in [-0.25, -0.2) is 0 Å². The predicted octanol–water partition coefficient (Wildman–Crippen LogP) is 3.23. The number of aromatic nitrogens is 1. The fraction of sp³-hybridized carbons (Fsp3) is 0.0625. The van der Waals surface area contributed by atoms with Crippen LogP contribution in [0, 0.1) is 0 Å². The first-order valence-corrected chi connectivity index (χ1v) is 8.62. The first-order chi connectivity index (χ1) is 10.1. The third-order valence-electron chi connectivity index (χ3n) is 3.22. The molecule has 0 aliphatic heterocycles. The van der Waals surface area contributed by atoms with E-state index in [2.05, 4.69) is 47.7 Å². The molecule has 0 spiro atoms. The van der Waals surface area contributed by atoms with Gasteiger partial charge in [0.1, 0.15) is 5.75 Å². The lowest BCUT2D eigenvalue weighted by Crippen LogP contribution is -2.05. The molecule has 2 aromatic carbocycles. The van der Waals surface area contributed by atoms with Gasteiger partial charge in [0.25, 0.3) is 0 Å². The fourth-order valence-electron chi connectivity index (χ4n) is 2.18. The summed E-state index contributed by atoms with van der Waals surface area (Å²) in [6, 6.07) is 14.3. The first-order valence-electron chi connectivity index (χ1n) is 6.48. The Morgan fingerprint density at radius 2 is 1.76 bits per heavy atom. The minimum absolute atomic E-state index is 0.325. The van der Waals surface area contributed by atoms with Crippen LogP contribution in [-0.4, -0.2) is 10.1 Å². The van der Waals surface area contributed by atoms with E-state index in [1.165, 1.54) is 10.5 Å². The Morgan fingerprint density at radius 3 is 2.52 bits per heavy atom. The lowest BCUT2D eigenvalue weighted by atomic mass is 10.2. The average molecular weight is 331 g/mol. The SMILES string of the molecule is Oc1c(P)cc(CSc2cccc3cccnc23)cc1P. The van der Waals surface area contributed by atoms with Crippen molar-refractivity contribution >= 4 is 51.8 Å². The third-order valence-corrected chi connectivity index (χ3v) is 5.22. The number of rotatable bonds is 3. The minimum atomic E-state index is 0.325. The third kappa shape index (κ3) is 3.21. The Labute approximate surface area is 132 Å². The number of fused-ring (bicyclic) bond motifs is 1. The zero-order valence-electron chi connectivity index (χ0n) is 11.3. The fourth-order valence-corrected chi connectivity index (χ4v) is 4.08. The second-order valence-corrected chi connectivity index (χ2v) is 7.00. The number of hydrogen-bond donors (Lipinski definition) is 1. The Morgan fingerprint density at radius 1 is 1.05 bits per heavy atom. The lowest BCUT2D eigenvalue weighted by molar-refractivity contribution is 0.484. The monoisotopic (exact) mass is 331 g/mol. The zero-order valence-corrected chi connectivity index (χ0v) is 14.4. The smallest absolute Gasteiger partial charge is 0.129 e. The van der Waals surface area contributed by atoms with Crippen molar-refractivity contribution in [2.24, 2.45) is 0 Å². The highest BCUT2D eigenvalue weighted by Crippen LogP contribution is 2.29. The van der Waals surface area contributed by atoms with Crippen LogP contribution in [0.2, 0.25) is 0 Å². The van der Waals surface area contributed by atoms with E-state index >= 15 is 0 Å². The molecule has 0 fully saturated rings. The maximum Gasteiger partial charge on any atom is 0.129 e. The van der Waals surface area contributed by atoms with Crippen molar-refractivity contribution in [2.45, 2.75) is 10.6 Å². The molecule has 2 unspecified atom stereocenters. The summed E-state index contributed by atoms with van der Waals surface area (Å²) in [6.07, 6.45) is 1.83. The highest BCUT2D eigenvalue weighted by atomic mass is 32.2. The van der Waals surface area contributed by atoms with Gasteiger partial charge in [0.2, 0.25) is 0 Å². The first kappa shape index (κ1) is 14.8. The topological polar surface area (TPSA) is 33.1 Å². The van der Waals surface area contributed by atoms with E-state index < -0.39 is 0 Å². The molecule has 1 heterocycles. The zero-order chi connectivity index (χ0) is 14.8. The normalized spacial score (nSPS) is 11.0. The Balaban J connectivity index is 1.87. The number of hydrogen-bond acceptors (Lipinski definition) is 3. The van der Waals surface area contributed by atoms with Crippen LogP contribution in [-0.2, 0) is 5.75 Å². The summed E-state index contributed by atoms with van der Waals surface area (Å²) in [5.41, 5.74) is 2.22. The van der Waals surface area contributed by atoms with Crippen LogP contribution in [0.25, 0.3) is 10.9 Å². The molecule has 0 amide bonds. The molecule has 1 N–H and O–H groups in total. The van der Waals surface area contributed by atoms with Crippen LogP contribution in [0.1, 0.15) is 5.56 Å². The van der Waals surface area contributed by atoms with Crippen LogP contribution in [0.4, 0.5) is 0 Å². The summed E-state index contributed by atoms with van der Waals surface area (Å²) < 4.78 is 0. The molecule has 106 valence electrons. The summed E-state index contributed by atoms with van der Waals surface area (Å²) >= 11 is 1.76. The van der Waals surface area contributed by atoms with Gasteiger partial charge in [-0.3, -0.25) is 4.98 Å². The van der Waals surface area contributed by atoms with Crippen LogP contribution in [0.3, 0.4) is 0 Å². The Bertz CT molecular complexity index is 779. The second-order valence-electron chi connectivity index (χ2n) is 4.74. The largest absolute Gasteiger partial charge is 0.507 e. The summed E-state index contributed by atoms with van der Waals surface area (Å²) in [7, 11) is 5.14. The van der Waals surface area contributed by atoms with Crippen LogP contribution >= 0.6 is 30.2 Å². The van der Waals surface area contributed by atoms with E-state index in [9.17, 15) is 5.11 Å². The van der Waals surface area contributed by atoms with Gasteiger partial charge in [-0.15, -0.1) is 30.2 Å². The molecule has 0 bridgehead atoms. The Kier molecular flexibility index (Phi) is 4.45. The molecule has 0 aliphatic carbocycles. The molecular weight excluding hydrogens is 316 g/mol. The van der Waals surface area contributed by atoms with Crippen molar-refractivity contribution in [2.75, 3.05) is 0 Å². The van der Waals surface area contributed by atoms with Crippen molar-refractivity contribution in [1.82, 2.24) is 4.98 Å². The Hall–Kier alpha value is -1.14. The van der Waals surface area contributed by atoms with Crippen molar-refractivity contribution in [3.05, 3.63) is 54.2 Å². The number of thioether (sulfide) groups is 1. The van der Waals surface area contributed by atoms with E-state index in [1.807, 2.05) is 24.4 Å². The lowest BCUT2D eigenvalue weighted by Gasteiger charge is -2.09. The van der Waals surface area contributed by atoms with E-state index in [0.29, 0.717) is 5.75 Å². The van der Waals surface area contributed by atoms with Gasteiger partial charge in [-0.05, 0) is 29.8 Å². The molecule has 0 radical (unpaired) electrons. The van der Waals surface area contributed by atoms with E-state index in [0.717, 1.165) is 27.3 Å². The van der Waals surface area contributed by atoms with Gasteiger partial charge in [-0.1, -0.05) is 18.2 Å². The summed E-state index contributed by atoms with van der Waals surface area (Å²) in [5.74, 6) is 1.17. The highest BCUT2D eigenvalue weighted by molar-refractivity contribution is 7.98. The van der Waals surface area contributed by atoms with Crippen molar-refractivity contribution in [3.8, 4) is 5.75 Å². The average Bonchev–Trinajstić information content (AvgIpc) is 2.50. The second kappa shape index (κ2) is 6.32. The molecular formula is C16H15NOP2S.